The van der Waals surface area contributed by atoms with E-state index in [9.17, 15) is 0 Å². The Morgan fingerprint density at radius 1 is 1.22 bits per heavy atom. The average molecular weight is 240 g/mol. The van der Waals surface area contributed by atoms with E-state index in [1.54, 1.807) is 5.57 Å². The number of allylic oxidation sites excluding steroid dienone is 3. The van der Waals surface area contributed by atoms with Gasteiger partial charge in [0.2, 0.25) is 0 Å². The van der Waals surface area contributed by atoms with E-state index in [2.05, 4.69) is 49.4 Å². The van der Waals surface area contributed by atoms with Crippen molar-refractivity contribution in [1.29, 1.82) is 0 Å². The molecular weight excluding hydrogens is 220 g/mol. The maximum atomic E-state index is 5.78. The molecule has 0 spiro atoms. The molecule has 1 heteroatoms. The second-order valence-electron chi connectivity index (χ2n) is 5.66. The molecule has 94 valence electrons. The smallest absolute Gasteiger partial charge is 0.0697 e. The van der Waals surface area contributed by atoms with E-state index in [1.807, 2.05) is 7.11 Å². The number of hydrogen-bond donors (Lipinski definition) is 0. The van der Waals surface area contributed by atoms with Crippen molar-refractivity contribution in [2.45, 2.75) is 37.7 Å². The van der Waals surface area contributed by atoms with Crippen LogP contribution in [-0.2, 0) is 4.74 Å². The standard InChI is InChI=1S/C17H20O/c1-17(18-2)11-14-9-6-10-15(14)16(12-17)13-7-4-3-5-8-13/h3-8,10,16H,9,11-12H2,1-2H3/t16-,17+/m0/s1. The Morgan fingerprint density at radius 2 is 2.00 bits per heavy atom. The van der Waals surface area contributed by atoms with E-state index in [1.165, 1.54) is 11.1 Å². The molecule has 1 aromatic carbocycles. The number of ether oxygens (including phenoxy) is 1. The summed E-state index contributed by atoms with van der Waals surface area (Å²) in [5, 5.41) is 0. The Kier molecular flexibility index (Phi) is 2.87. The first-order valence-electron chi connectivity index (χ1n) is 6.70. The lowest BCUT2D eigenvalue weighted by atomic mass is 9.73. The minimum absolute atomic E-state index is 0.00857. The van der Waals surface area contributed by atoms with Gasteiger partial charge in [0.25, 0.3) is 0 Å². The van der Waals surface area contributed by atoms with Crippen LogP contribution < -0.4 is 0 Å². The summed E-state index contributed by atoms with van der Waals surface area (Å²) in [6.45, 7) is 2.24. The van der Waals surface area contributed by atoms with Gasteiger partial charge in [-0.25, -0.2) is 0 Å². The van der Waals surface area contributed by atoms with E-state index in [0.717, 1.165) is 19.3 Å². The van der Waals surface area contributed by atoms with Gasteiger partial charge in [0, 0.05) is 13.0 Å². The van der Waals surface area contributed by atoms with Crippen LogP contribution in [0.2, 0.25) is 0 Å². The second kappa shape index (κ2) is 4.40. The molecule has 0 unspecified atom stereocenters. The summed E-state index contributed by atoms with van der Waals surface area (Å²) < 4.78 is 5.78. The lowest BCUT2D eigenvalue weighted by molar-refractivity contribution is -0.00879. The monoisotopic (exact) mass is 240 g/mol. The maximum absolute atomic E-state index is 5.78. The summed E-state index contributed by atoms with van der Waals surface area (Å²) in [4.78, 5) is 0. The molecule has 2 aliphatic carbocycles. The van der Waals surface area contributed by atoms with Crippen molar-refractivity contribution >= 4 is 0 Å². The molecule has 18 heavy (non-hydrogen) atoms. The topological polar surface area (TPSA) is 9.23 Å². The van der Waals surface area contributed by atoms with E-state index in [-0.39, 0.29) is 5.60 Å². The summed E-state index contributed by atoms with van der Waals surface area (Å²) in [6, 6.07) is 10.8. The fraction of sp³-hybridized carbons (Fsp3) is 0.412. The van der Waals surface area contributed by atoms with Crippen LogP contribution in [0.1, 0.15) is 37.7 Å². The van der Waals surface area contributed by atoms with Crippen LogP contribution in [0.5, 0.6) is 0 Å². The van der Waals surface area contributed by atoms with Gasteiger partial charge in [-0.2, -0.15) is 0 Å². The number of hydrogen-bond acceptors (Lipinski definition) is 1. The SMILES string of the molecule is CO[C@]1(C)CC2=C(C=CC2)[C@H](c2ccccc2)C1. The van der Waals surface area contributed by atoms with Gasteiger partial charge in [-0.05, 0) is 37.3 Å². The molecule has 0 bridgehead atoms. The Labute approximate surface area is 109 Å². The minimum Gasteiger partial charge on any atom is -0.378 e. The highest BCUT2D eigenvalue weighted by atomic mass is 16.5. The molecular formula is C17H20O. The van der Waals surface area contributed by atoms with Crippen LogP contribution in [0.25, 0.3) is 0 Å². The summed E-state index contributed by atoms with van der Waals surface area (Å²) in [5.74, 6) is 0.499. The summed E-state index contributed by atoms with van der Waals surface area (Å²) >= 11 is 0. The van der Waals surface area contributed by atoms with Crippen molar-refractivity contribution in [3.8, 4) is 0 Å². The van der Waals surface area contributed by atoms with Crippen LogP contribution >= 0.6 is 0 Å². The maximum Gasteiger partial charge on any atom is 0.0697 e. The first kappa shape index (κ1) is 11.7. The van der Waals surface area contributed by atoms with Crippen molar-refractivity contribution in [3.05, 3.63) is 59.2 Å². The zero-order valence-electron chi connectivity index (χ0n) is 11.1. The quantitative estimate of drug-likeness (QED) is 0.752. The van der Waals surface area contributed by atoms with Crippen molar-refractivity contribution < 1.29 is 4.74 Å². The third kappa shape index (κ3) is 1.93. The predicted molar refractivity (Wildman–Crippen MR) is 74.6 cm³/mol. The molecule has 0 fully saturated rings. The largest absolute Gasteiger partial charge is 0.378 e. The molecule has 0 aromatic heterocycles. The first-order valence-corrected chi connectivity index (χ1v) is 6.70. The van der Waals surface area contributed by atoms with Crippen LogP contribution in [-0.4, -0.2) is 12.7 Å². The zero-order chi connectivity index (χ0) is 12.6. The van der Waals surface area contributed by atoms with Gasteiger partial charge >= 0.3 is 0 Å². The van der Waals surface area contributed by atoms with E-state index in [0.29, 0.717) is 5.92 Å². The molecule has 2 aliphatic rings. The van der Waals surface area contributed by atoms with Crippen molar-refractivity contribution in [2.75, 3.05) is 7.11 Å². The summed E-state index contributed by atoms with van der Waals surface area (Å²) in [7, 11) is 1.84. The van der Waals surface area contributed by atoms with Crippen LogP contribution in [0.4, 0.5) is 0 Å². The molecule has 0 amide bonds. The molecule has 2 atom stereocenters. The fourth-order valence-corrected chi connectivity index (χ4v) is 3.30. The van der Waals surface area contributed by atoms with E-state index >= 15 is 0 Å². The molecule has 0 saturated heterocycles. The number of benzene rings is 1. The summed E-state index contributed by atoms with van der Waals surface area (Å²) in [6.07, 6.45) is 7.88. The van der Waals surface area contributed by atoms with Crippen molar-refractivity contribution in [1.82, 2.24) is 0 Å². The van der Waals surface area contributed by atoms with Gasteiger partial charge in [-0.3, -0.25) is 0 Å². The number of rotatable bonds is 2. The van der Waals surface area contributed by atoms with Gasteiger partial charge < -0.3 is 4.74 Å². The molecule has 0 saturated carbocycles. The zero-order valence-corrected chi connectivity index (χ0v) is 11.1. The van der Waals surface area contributed by atoms with Crippen molar-refractivity contribution in [2.24, 2.45) is 0 Å². The first-order chi connectivity index (χ1) is 8.72. The van der Waals surface area contributed by atoms with Gasteiger partial charge in [0.05, 0.1) is 5.60 Å². The third-order valence-corrected chi connectivity index (χ3v) is 4.36. The molecule has 1 nitrogen and oxygen atoms in total. The van der Waals surface area contributed by atoms with Gasteiger partial charge in [-0.15, -0.1) is 0 Å². The van der Waals surface area contributed by atoms with Gasteiger partial charge in [-0.1, -0.05) is 48.1 Å². The Balaban J connectivity index is 2.01. The van der Waals surface area contributed by atoms with Crippen molar-refractivity contribution in [3.63, 3.8) is 0 Å². The summed E-state index contributed by atoms with van der Waals surface area (Å²) in [5.41, 5.74) is 4.51. The highest BCUT2D eigenvalue weighted by molar-refractivity contribution is 5.45. The second-order valence-corrected chi connectivity index (χ2v) is 5.66. The Morgan fingerprint density at radius 3 is 2.72 bits per heavy atom. The highest BCUT2D eigenvalue weighted by Gasteiger charge is 2.37. The van der Waals surface area contributed by atoms with Gasteiger partial charge in [0.15, 0.2) is 0 Å². The Hall–Kier alpha value is -1.34. The van der Waals surface area contributed by atoms with E-state index < -0.39 is 0 Å². The molecule has 0 heterocycles. The van der Waals surface area contributed by atoms with E-state index in [4.69, 9.17) is 4.74 Å². The lowest BCUT2D eigenvalue weighted by Crippen LogP contribution is -2.34. The molecule has 3 rings (SSSR count). The molecule has 0 radical (unpaired) electrons. The minimum atomic E-state index is -0.00857. The van der Waals surface area contributed by atoms with Crippen LogP contribution in [0.3, 0.4) is 0 Å². The Bertz CT molecular complexity index is 498. The highest BCUT2D eigenvalue weighted by Crippen LogP contribution is 2.47. The third-order valence-electron chi connectivity index (χ3n) is 4.36. The van der Waals surface area contributed by atoms with Crippen LogP contribution in [0, 0.1) is 0 Å². The average Bonchev–Trinajstić information content (AvgIpc) is 2.86. The lowest BCUT2D eigenvalue weighted by Gasteiger charge is -2.38. The van der Waals surface area contributed by atoms with Gasteiger partial charge in [0.1, 0.15) is 0 Å². The van der Waals surface area contributed by atoms with Crippen LogP contribution in [0.15, 0.2) is 53.6 Å². The molecule has 1 aromatic rings. The molecule has 0 N–H and O–H groups in total. The molecule has 0 aliphatic heterocycles. The normalized spacial score (nSPS) is 30.7. The fourth-order valence-electron chi connectivity index (χ4n) is 3.30. The number of methoxy groups -OCH3 is 1. The predicted octanol–water partition coefficient (Wildman–Crippen LogP) is 4.23.